The first kappa shape index (κ1) is 11.0. The second kappa shape index (κ2) is 3.98. The van der Waals surface area contributed by atoms with E-state index in [0.717, 1.165) is 24.9 Å². The fourth-order valence-electron chi connectivity index (χ4n) is 3.02. The number of nitrogens with one attached hydrogen (secondary N) is 1. The van der Waals surface area contributed by atoms with Crippen LogP contribution in [0, 0.1) is 13.8 Å². The van der Waals surface area contributed by atoms with Crippen molar-refractivity contribution in [3.8, 4) is 0 Å². The molecule has 3 rings (SSSR count). The third-order valence-electron chi connectivity index (χ3n) is 4.04. The summed E-state index contributed by atoms with van der Waals surface area (Å²) in [5.41, 5.74) is 3.35. The van der Waals surface area contributed by atoms with Gasteiger partial charge >= 0.3 is 0 Å². The van der Waals surface area contributed by atoms with E-state index < -0.39 is 0 Å². The first-order chi connectivity index (χ1) is 8.18. The molecule has 0 radical (unpaired) electrons. The van der Waals surface area contributed by atoms with Gasteiger partial charge in [-0.2, -0.15) is 0 Å². The smallest absolute Gasteiger partial charge is 0.181 e. The molecule has 1 aliphatic heterocycles. The van der Waals surface area contributed by atoms with Gasteiger partial charge in [-0.1, -0.05) is 0 Å². The topological polar surface area (TPSA) is 34.0 Å². The number of ketones is 1. The molecule has 1 aromatic rings. The monoisotopic (exact) mass is 232 g/mol. The van der Waals surface area contributed by atoms with Crippen LogP contribution in [0.4, 0.5) is 0 Å². The summed E-state index contributed by atoms with van der Waals surface area (Å²) in [5, 5.41) is 3.30. The molecule has 0 bridgehead atoms. The molecule has 92 valence electrons. The van der Waals surface area contributed by atoms with Gasteiger partial charge in [-0.25, -0.2) is 0 Å². The minimum Gasteiger partial charge on any atom is -0.345 e. The third-order valence-corrected chi connectivity index (χ3v) is 4.04. The summed E-state index contributed by atoms with van der Waals surface area (Å²) in [5.74, 6) is 0.294. The second-order valence-corrected chi connectivity index (χ2v) is 5.40. The molecule has 2 aliphatic rings. The highest BCUT2D eigenvalue weighted by Crippen LogP contribution is 2.38. The number of nitrogens with zero attached hydrogens (tertiary/aromatic N) is 1. The van der Waals surface area contributed by atoms with E-state index in [2.05, 4.69) is 29.8 Å². The van der Waals surface area contributed by atoms with E-state index >= 15 is 0 Å². The van der Waals surface area contributed by atoms with Gasteiger partial charge in [-0.3, -0.25) is 4.79 Å². The second-order valence-electron chi connectivity index (χ2n) is 5.40. The molecule has 3 nitrogen and oxygen atoms in total. The van der Waals surface area contributed by atoms with Gasteiger partial charge in [0, 0.05) is 23.0 Å². The molecule has 1 N–H and O–H groups in total. The summed E-state index contributed by atoms with van der Waals surface area (Å²) >= 11 is 0. The van der Waals surface area contributed by atoms with Crippen molar-refractivity contribution in [3.63, 3.8) is 0 Å². The molecule has 1 saturated heterocycles. The lowest BCUT2D eigenvalue weighted by molar-refractivity contribution is 0.0951. The average molecular weight is 232 g/mol. The first-order valence-corrected chi connectivity index (χ1v) is 6.64. The molecule has 1 aromatic heterocycles. The third kappa shape index (κ3) is 1.82. The summed E-state index contributed by atoms with van der Waals surface area (Å²) in [6.07, 6.45) is 4.65. The fourth-order valence-corrected chi connectivity index (χ4v) is 3.02. The maximum absolute atomic E-state index is 12.4. The molecular formula is C14H20N2O. The van der Waals surface area contributed by atoms with Gasteiger partial charge in [0.05, 0.1) is 6.04 Å². The number of hydrogen-bond acceptors (Lipinski definition) is 2. The average Bonchev–Trinajstić information content (AvgIpc) is 2.90. The SMILES string of the molecule is Cc1cc(C(=O)C2CCCN2)c(C)n1C1CC1. The minimum absolute atomic E-state index is 0.0585. The lowest BCUT2D eigenvalue weighted by Gasteiger charge is -2.10. The molecule has 1 aliphatic carbocycles. The van der Waals surface area contributed by atoms with Crippen LogP contribution in [0.25, 0.3) is 0 Å². The van der Waals surface area contributed by atoms with Crippen LogP contribution in [0.15, 0.2) is 6.07 Å². The standard InChI is InChI=1S/C14H20N2O/c1-9-8-12(10(2)16(9)11-5-6-11)14(17)13-4-3-7-15-13/h8,11,13,15H,3-7H2,1-2H3. The van der Waals surface area contributed by atoms with E-state index in [1.165, 1.54) is 24.2 Å². The maximum Gasteiger partial charge on any atom is 0.181 e. The minimum atomic E-state index is 0.0585. The Bertz CT molecular complexity index is 451. The zero-order valence-electron chi connectivity index (χ0n) is 10.6. The van der Waals surface area contributed by atoms with E-state index in [1.807, 2.05) is 0 Å². The van der Waals surface area contributed by atoms with E-state index in [-0.39, 0.29) is 6.04 Å². The highest BCUT2D eigenvalue weighted by Gasteiger charge is 2.31. The van der Waals surface area contributed by atoms with Gasteiger partial charge in [0.1, 0.15) is 0 Å². The van der Waals surface area contributed by atoms with Crippen molar-refractivity contribution in [1.82, 2.24) is 9.88 Å². The van der Waals surface area contributed by atoms with Crippen LogP contribution in [0.1, 0.15) is 53.5 Å². The first-order valence-electron chi connectivity index (χ1n) is 6.64. The zero-order valence-corrected chi connectivity index (χ0v) is 10.6. The Kier molecular flexibility index (Phi) is 2.58. The van der Waals surface area contributed by atoms with Gasteiger partial charge in [0.15, 0.2) is 5.78 Å². The quantitative estimate of drug-likeness (QED) is 0.812. The van der Waals surface area contributed by atoms with Crippen molar-refractivity contribution >= 4 is 5.78 Å². The Morgan fingerprint density at radius 3 is 2.71 bits per heavy atom. The molecular weight excluding hydrogens is 212 g/mol. The van der Waals surface area contributed by atoms with E-state index in [4.69, 9.17) is 0 Å². The lowest BCUT2D eigenvalue weighted by Crippen LogP contribution is -2.31. The Balaban J connectivity index is 1.91. The molecule has 2 fully saturated rings. The fraction of sp³-hybridized carbons (Fsp3) is 0.643. The van der Waals surface area contributed by atoms with E-state index in [9.17, 15) is 4.79 Å². The Morgan fingerprint density at radius 2 is 2.12 bits per heavy atom. The predicted molar refractivity (Wildman–Crippen MR) is 67.5 cm³/mol. The summed E-state index contributed by atoms with van der Waals surface area (Å²) in [6, 6.07) is 2.80. The summed E-state index contributed by atoms with van der Waals surface area (Å²) in [6.45, 7) is 5.19. The van der Waals surface area contributed by atoms with Crippen molar-refractivity contribution in [3.05, 3.63) is 23.0 Å². The van der Waals surface area contributed by atoms with Crippen molar-refractivity contribution in [1.29, 1.82) is 0 Å². The van der Waals surface area contributed by atoms with Gasteiger partial charge in [0.25, 0.3) is 0 Å². The number of rotatable bonds is 3. The van der Waals surface area contributed by atoms with Crippen LogP contribution in [0.2, 0.25) is 0 Å². The molecule has 0 aromatic carbocycles. The number of hydrogen-bond donors (Lipinski definition) is 1. The van der Waals surface area contributed by atoms with Crippen LogP contribution in [-0.4, -0.2) is 22.9 Å². The maximum atomic E-state index is 12.4. The number of aryl methyl sites for hydroxylation is 1. The van der Waals surface area contributed by atoms with Crippen molar-refractivity contribution < 1.29 is 4.79 Å². The summed E-state index contributed by atoms with van der Waals surface area (Å²) < 4.78 is 2.35. The Hall–Kier alpha value is -1.09. The van der Waals surface area contributed by atoms with Crippen molar-refractivity contribution in [2.24, 2.45) is 0 Å². The van der Waals surface area contributed by atoms with Crippen molar-refractivity contribution in [2.75, 3.05) is 6.54 Å². The molecule has 1 saturated carbocycles. The molecule has 0 amide bonds. The molecule has 2 heterocycles. The van der Waals surface area contributed by atoms with Crippen LogP contribution in [0.5, 0.6) is 0 Å². The predicted octanol–water partition coefficient (Wildman–Crippen LogP) is 2.37. The number of aromatic nitrogens is 1. The Morgan fingerprint density at radius 1 is 1.35 bits per heavy atom. The summed E-state index contributed by atoms with van der Waals surface area (Å²) in [4.78, 5) is 12.4. The normalized spacial score (nSPS) is 24.2. The number of carbonyl (C=O) groups excluding carboxylic acids is 1. The molecule has 1 atom stereocenters. The Labute approximate surface area is 102 Å². The van der Waals surface area contributed by atoms with Gasteiger partial charge in [-0.15, -0.1) is 0 Å². The molecule has 1 unspecified atom stereocenters. The van der Waals surface area contributed by atoms with Gasteiger partial charge in [-0.05, 0) is 52.1 Å². The van der Waals surface area contributed by atoms with Crippen LogP contribution >= 0.6 is 0 Å². The largest absolute Gasteiger partial charge is 0.345 e. The molecule has 17 heavy (non-hydrogen) atoms. The van der Waals surface area contributed by atoms with Gasteiger partial charge < -0.3 is 9.88 Å². The highest BCUT2D eigenvalue weighted by atomic mass is 16.1. The zero-order chi connectivity index (χ0) is 12.0. The van der Waals surface area contributed by atoms with Crippen LogP contribution in [-0.2, 0) is 0 Å². The van der Waals surface area contributed by atoms with Crippen molar-refractivity contribution in [2.45, 2.75) is 51.6 Å². The molecule has 0 spiro atoms. The van der Waals surface area contributed by atoms with E-state index in [1.54, 1.807) is 0 Å². The number of carbonyl (C=O) groups is 1. The van der Waals surface area contributed by atoms with E-state index in [0.29, 0.717) is 11.8 Å². The van der Waals surface area contributed by atoms with Crippen LogP contribution in [0.3, 0.4) is 0 Å². The lowest BCUT2D eigenvalue weighted by atomic mass is 10.0. The number of Topliss-reactive ketones (excluding diaryl/α,β-unsaturated/α-hetero) is 1. The summed E-state index contributed by atoms with van der Waals surface area (Å²) in [7, 11) is 0. The molecule has 3 heteroatoms. The van der Waals surface area contributed by atoms with Crippen LogP contribution < -0.4 is 5.32 Å². The highest BCUT2D eigenvalue weighted by molar-refractivity contribution is 6.01. The van der Waals surface area contributed by atoms with Gasteiger partial charge in [0.2, 0.25) is 0 Å².